The minimum atomic E-state index is -0.771. The van der Waals surface area contributed by atoms with E-state index in [1.165, 1.54) is 0 Å². The van der Waals surface area contributed by atoms with Gasteiger partial charge in [-0.15, -0.1) is 0 Å². The molecule has 3 atom stereocenters. The lowest BCUT2D eigenvalue weighted by Gasteiger charge is -2.23. The van der Waals surface area contributed by atoms with Crippen molar-refractivity contribution in [1.29, 1.82) is 0 Å². The Bertz CT molecular complexity index is 559. The first-order valence-corrected chi connectivity index (χ1v) is 8.05. The van der Waals surface area contributed by atoms with Crippen LogP contribution in [0.3, 0.4) is 0 Å². The van der Waals surface area contributed by atoms with Crippen molar-refractivity contribution in [2.45, 2.75) is 45.1 Å². The molecule has 1 amide bonds. The van der Waals surface area contributed by atoms with Gasteiger partial charge in [-0.2, -0.15) is 0 Å². The predicted molar refractivity (Wildman–Crippen MR) is 85.9 cm³/mol. The lowest BCUT2D eigenvalue weighted by Crippen LogP contribution is -2.38. The van der Waals surface area contributed by atoms with E-state index in [2.05, 4.69) is 5.32 Å². The summed E-state index contributed by atoms with van der Waals surface area (Å²) in [6.07, 6.45) is 1.87. The lowest BCUT2D eigenvalue weighted by atomic mass is 9.87. The van der Waals surface area contributed by atoms with Crippen LogP contribution in [0.2, 0.25) is 5.02 Å². The average molecular weight is 324 g/mol. The monoisotopic (exact) mass is 323 g/mol. The molecule has 22 heavy (non-hydrogen) atoms. The third-order valence-corrected chi connectivity index (χ3v) is 4.52. The van der Waals surface area contributed by atoms with Gasteiger partial charge >= 0.3 is 5.97 Å². The fourth-order valence-electron chi connectivity index (χ4n) is 3.17. The quantitative estimate of drug-likeness (QED) is 0.872. The Kier molecular flexibility index (Phi) is 5.46. The van der Waals surface area contributed by atoms with E-state index in [4.69, 9.17) is 16.7 Å². The first-order valence-electron chi connectivity index (χ1n) is 7.67. The lowest BCUT2D eigenvalue weighted by molar-refractivity contribution is -0.141. The standard InChI is InChI=1S/C17H22ClNO3/c1-10(2)15(11-4-3-5-13(18)8-11)16(20)19-14-7-6-12(9-14)17(21)22/h3-5,8,10,12,14-15H,6-7,9H2,1-2H3,(H,19,20)(H,21,22)/t12-,14+,15?/m1/s1. The fourth-order valence-corrected chi connectivity index (χ4v) is 3.37. The van der Waals surface area contributed by atoms with Crippen molar-refractivity contribution in [2.75, 3.05) is 0 Å². The number of carboxylic acid groups (broad SMARTS) is 1. The third kappa shape index (κ3) is 4.01. The molecule has 1 fully saturated rings. The van der Waals surface area contributed by atoms with Gasteiger partial charge in [-0.05, 0) is 42.9 Å². The second-order valence-electron chi connectivity index (χ2n) is 6.33. The number of amides is 1. The molecular weight excluding hydrogens is 302 g/mol. The zero-order valence-electron chi connectivity index (χ0n) is 12.9. The zero-order chi connectivity index (χ0) is 16.3. The summed E-state index contributed by atoms with van der Waals surface area (Å²) in [5.74, 6) is -1.30. The number of hydrogen-bond acceptors (Lipinski definition) is 2. The molecule has 120 valence electrons. The molecule has 1 aromatic rings. The van der Waals surface area contributed by atoms with Gasteiger partial charge in [0.15, 0.2) is 0 Å². The van der Waals surface area contributed by atoms with Crippen molar-refractivity contribution < 1.29 is 14.7 Å². The molecule has 1 unspecified atom stereocenters. The average Bonchev–Trinajstić information content (AvgIpc) is 2.87. The molecule has 4 nitrogen and oxygen atoms in total. The Morgan fingerprint density at radius 3 is 2.59 bits per heavy atom. The van der Waals surface area contributed by atoms with Gasteiger partial charge in [-0.25, -0.2) is 0 Å². The molecule has 2 N–H and O–H groups in total. The largest absolute Gasteiger partial charge is 0.481 e. The summed E-state index contributed by atoms with van der Waals surface area (Å²) in [7, 11) is 0. The molecule has 1 aliphatic rings. The molecule has 1 saturated carbocycles. The van der Waals surface area contributed by atoms with E-state index >= 15 is 0 Å². The predicted octanol–water partition coefficient (Wildman–Crippen LogP) is 3.45. The first kappa shape index (κ1) is 16.8. The summed E-state index contributed by atoms with van der Waals surface area (Å²) >= 11 is 6.03. The van der Waals surface area contributed by atoms with Gasteiger partial charge in [-0.1, -0.05) is 37.6 Å². The van der Waals surface area contributed by atoms with E-state index in [0.29, 0.717) is 17.9 Å². The first-order chi connectivity index (χ1) is 10.4. The molecule has 1 aromatic carbocycles. The maximum absolute atomic E-state index is 12.6. The molecule has 5 heteroatoms. The van der Waals surface area contributed by atoms with E-state index < -0.39 is 5.97 Å². The number of hydrogen-bond donors (Lipinski definition) is 2. The zero-order valence-corrected chi connectivity index (χ0v) is 13.6. The minimum absolute atomic E-state index is 0.0472. The van der Waals surface area contributed by atoms with Crippen LogP contribution in [0, 0.1) is 11.8 Å². The highest BCUT2D eigenvalue weighted by atomic mass is 35.5. The summed E-state index contributed by atoms with van der Waals surface area (Å²) in [5, 5.41) is 12.7. The molecule has 0 saturated heterocycles. The number of benzene rings is 1. The van der Waals surface area contributed by atoms with Gasteiger partial charge in [0, 0.05) is 11.1 Å². The smallest absolute Gasteiger partial charge is 0.306 e. The van der Waals surface area contributed by atoms with Gasteiger partial charge in [0.05, 0.1) is 11.8 Å². The van der Waals surface area contributed by atoms with Crippen LogP contribution in [0.15, 0.2) is 24.3 Å². The molecule has 0 heterocycles. The Morgan fingerprint density at radius 1 is 1.32 bits per heavy atom. The summed E-state index contributed by atoms with van der Waals surface area (Å²) in [4.78, 5) is 23.6. The Labute approximate surface area is 135 Å². The summed E-state index contributed by atoms with van der Waals surface area (Å²) in [5.41, 5.74) is 0.896. The molecule has 0 spiro atoms. The van der Waals surface area contributed by atoms with E-state index in [0.717, 1.165) is 12.0 Å². The topological polar surface area (TPSA) is 66.4 Å². The minimum Gasteiger partial charge on any atom is -0.481 e. The van der Waals surface area contributed by atoms with Crippen LogP contribution in [-0.4, -0.2) is 23.0 Å². The van der Waals surface area contributed by atoms with Crippen LogP contribution in [0.25, 0.3) is 0 Å². The molecule has 1 aliphatic carbocycles. The summed E-state index contributed by atoms with van der Waals surface area (Å²) in [6, 6.07) is 7.31. The van der Waals surface area contributed by atoms with Crippen LogP contribution in [-0.2, 0) is 9.59 Å². The Hall–Kier alpha value is -1.55. The van der Waals surface area contributed by atoms with Crippen LogP contribution in [0.4, 0.5) is 0 Å². The maximum Gasteiger partial charge on any atom is 0.306 e. The highest BCUT2D eigenvalue weighted by molar-refractivity contribution is 6.30. The molecule has 0 radical (unpaired) electrons. The number of halogens is 1. The van der Waals surface area contributed by atoms with E-state index in [-0.39, 0.29) is 29.7 Å². The van der Waals surface area contributed by atoms with Crippen molar-refractivity contribution >= 4 is 23.5 Å². The highest BCUT2D eigenvalue weighted by Gasteiger charge is 2.33. The number of carboxylic acids is 1. The van der Waals surface area contributed by atoms with Crippen LogP contribution < -0.4 is 5.32 Å². The van der Waals surface area contributed by atoms with E-state index in [1.807, 2.05) is 32.0 Å². The normalized spacial score (nSPS) is 22.5. The van der Waals surface area contributed by atoms with Gasteiger partial charge in [-0.3, -0.25) is 9.59 Å². The number of carbonyl (C=O) groups is 2. The van der Waals surface area contributed by atoms with E-state index in [1.54, 1.807) is 6.07 Å². The molecular formula is C17H22ClNO3. The summed E-state index contributed by atoms with van der Waals surface area (Å²) in [6.45, 7) is 4.00. The second-order valence-corrected chi connectivity index (χ2v) is 6.77. The van der Waals surface area contributed by atoms with Crippen molar-refractivity contribution in [3.05, 3.63) is 34.9 Å². The highest BCUT2D eigenvalue weighted by Crippen LogP contribution is 2.29. The molecule has 2 rings (SSSR count). The van der Waals surface area contributed by atoms with Crippen molar-refractivity contribution in [3.63, 3.8) is 0 Å². The molecule has 0 aromatic heterocycles. The maximum atomic E-state index is 12.6. The van der Waals surface area contributed by atoms with Crippen molar-refractivity contribution in [3.8, 4) is 0 Å². The second kappa shape index (κ2) is 7.14. The third-order valence-electron chi connectivity index (χ3n) is 4.29. The van der Waals surface area contributed by atoms with Gasteiger partial charge in [0.25, 0.3) is 0 Å². The number of carbonyl (C=O) groups excluding carboxylic acids is 1. The van der Waals surface area contributed by atoms with Crippen molar-refractivity contribution in [2.24, 2.45) is 11.8 Å². The van der Waals surface area contributed by atoms with Crippen LogP contribution in [0.1, 0.15) is 44.6 Å². The van der Waals surface area contributed by atoms with Crippen LogP contribution in [0.5, 0.6) is 0 Å². The van der Waals surface area contributed by atoms with Gasteiger partial charge in [0.1, 0.15) is 0 Å². The number of aliphatic carboxylic acids is 1. The number of rotatable bonds is 5. The van der Waals surface area contributed by atoms with Crippen molar-refractivity contribution in [1.82, 2.24) is 5.32 Å². The van der Waals surface area contributed by atoms with E-state index in [9.17, 15) is 9.59 Å². The SMILES string of the molecule is CC(C)C(C(=O)N[C@H]1CC[C@@H](C(=O)O)C1)c1cccc(Cl)c1. The summed E-state index contributed by atoms with van der Waals surface area (Å²) < 4.78 is 0. The Morgan fingerprint density at radius 2 is 2.05 bits per heavy atom. The van der Waals surface area contributed by atoms with Gasteiger partial charge in [0.2, 0.25) is 5.91 Å². The molecule has 0 bridgehead atoms. The molecule has 0 aliphatic heterocycles. The Balaban J connectivity index is 2.07. The van der Waals surface area contributed by atoms with Gasteiger partial charge < -0.3 is 10.4 Å². The number of nitrogens with one attached hydrogen (secondary N) is 1. The van der Waals surface area contributed by atoms with Crippen LogP contribution >= 0.6 is 11.6 Å². The fraction of sp³-hybridized carbons (Fsp3) is 0.529.